The Hall–Kier alpha value is -7.02. The predicted molar refractivity (Wildman–Crippen MR) is 233 cm³/mol. The molecule has 0 heteroatoms. The van der Waals surface area contributed by atoms with E-state index >= 15 is 0 Å². The second kappa shape index (κ2) is 11.2. The van der Waals surface area contributed by atoms with Gasteiger partial charge in [0.25, 0.3) is 0 Å². The van der Waals surface area contributed by atoms with E-state index < -0.39 is 291 Å². The number of rotatable bonds is 4. The van der Waals surface area contributed by atoms with Crippen LogP contribution in [-0.2, 0) is 0 Å². The normalized spacial score (nSPS) is 20.1. The molecule has 0 aliphatic rings. The predicted octanol–water partition coefficient (Wildman–Crippen LogP) is 15.3. The molecular weight excluding hydrogens is 649 g/mol. The third-order valence-corrected chi connectivity index (χ3v) is 9.35. The van der Waals surface area contributed by atoms with Gasteiger partial charge in [-0.05, 0) is 144 Å². The molecule has 0 unspecified atom stereocenters. The van der Waals surface area contributed by atoms with Crippen molar-refractivity contribution in [2.24, 2.45) is 0 Å². The Morgan fingerprint density at radius 3 is 1.24 bits per heavy atom. The van der Waals surface area contributed by atoms with Crippen LogP contribution in [0.2, 0.25) is 0 Å². The van der Waals surface area contributed by atoms with Crippen molar-refractivity contribution in [3.8, 4) is 44.5 Å². The van der Waals surface area contributed by atoms with Crippen molar-refractivity contribution in [3.63, 3.8) is 0 Å². The Morgan fingerprint density at radius 1 is 0.241 bits per heavy atom. The van der Waals surface area contributed by atoms with Crippen LogP contribution in [0.25, 0.3) is 120 Å². The van der Waals surface area contributed by atoms with Crippen molar-refractivity contribution < 1.29 is 42.5 Å². The van der Waals surface area contributed by atoms with Gasteiger partial charge in [0.2, 0.25) is 0 Å². The van der Waals surface area contributed by atoms with Crippen LogP contribution in [0, 0.1) is 0 Å². The van der Waals surface area contributed by atoms with Gasteiger partial charge in [0.1, 0.15) is 0 Å². The van der Waals surface area contributed by atoms with E-state index in [-0.39, 0.29) is 16.2 Å². The third-order valence-electron chi connectivity index (χ3n) is 9.35. The van der Waals surface area contributed by atoms with Gasteiger partial charge in [-0.2, -0.15) is 0 Å². The maximum absolute atomic E-state index is 10.1. The van der Waals surface area contributed by atoms with Crippen LogP contribution in [0.4, 0.5) is 0 Å². The molecular formula is C54H32. The summed E-state index contributed by atoms with van der Waals surface area (Å²) < 4.78 is 284. The molecule has 0 nitrogen and oxygen atoms in total. The van der Waals surface area contributed by atoms with Crippen molar-refractivity contribution in [2.45, 2.75) is 0 Å². The summed E-state index contributed by atoms with van der Waals surface area (Å²) in [5.74, 6) is 0. The summed E-state index contributed by atoms with van der Waals surface area (Å²) >= 11 is 0. The molecule has 0 heterocycles. The standard InChI is InChI=1S/C54H32/c1-2-6-42-29-43(20-13-33(42)5-1)45-30-44(31-46(32-45)48-26-22-41-19-17-37-8-4-10-39-24-28-50(48)54(41)52(37)39)34-11-14-35(15-12-34)47-25-21-40-18-16-36-7-3-9-38-23-27-49(47)53(40)51(36)38/h1-32H/i1D,2D,3D,4D,5D,6D,7D,8D,9D,10D,11D,12D,13D,14D,15D,16D,17D,18D,19D,20D,21D,22D,23D,24D,25D,26D,27D,28D,29D,31D,32D. The van der Waals surface area contributed by atoms with Crippen molar-refractivity contribution in [1.82, 2.24) is 0 Å². The summed E-state index contributed by atoms with van der Waals surface area (Å²) in [5, 5.41) is -6.47. The Bertz CT molecular complexity index is 5160. The van der Waals surface area contributed by atoms with E-state index in [4.69, 9.17) is 21.9 Å². The molecule has 0 aliphatic heterocycles. The molecule has 12 aromatic rings. The van der Waals surface area contributed by atoms with Gasteiger partial charge >= 0.3 is 0 Å². The molecule has 0 aliphatic carbocycles. The first-order valence-electron chi connectivity index (χ1n) is 31.8. The molecule has 12 aromatic carbocycles. The second-order valence-corrected chi connectivity index (χ2v) is 12.3. The highest BCUT2D eigenvalue weighted by Gasteiger charge is 2.16. The highest BCUT2D eigenvalue weighted by atomic mass is 14.2. The quantitative estimate of drug-likeness (QED) is 0.159. The number of hydrogen-bond donors (Lipinski definition) is 0. The Balaban J connectivity index is 1.28. The van der Waals surface area contributed by atoms with Crippen LogP contribution in [0.3, 0.4) is 0 Å². The van der Waals surface area contributed by atoms with Gasteiger partial charge in [0.05, 0.1) is 42.5 Å². The Kier molecular flexibility index (Phi) is 2.61. The number of benzene rings is 12. The van der Waals surface area contributed by atoms with Gasteiger partial charge in [-0.3, -0.25) is 0 Å². The van der Waals surface area contributed by atoms with Crippen molar-refractivity contribution in [1.29, 1.82) is 0 Å². The number of hydrogen-bond acceptors (Lipinski definition) is 0. The molecule has 0 aromatic heterocycles. The summed E-state index contributed by atoms with van der Waals surface area (Å²) in [6.45, 7) is 0. The maximum Gasteiger partial charge on any atom is 0.0636 e. The summed E-state index contributed by atoms with van der Waals surface area (Å²) in [6.07, 6.45) is 0. The highest BCUT2D eigenvalue weighted by Crippen LogP contribution is 2.43. The molecule has 0 atom stereocenters. The molecule has 0 fully saturated rings. The van der Waals surface area contributed by atoms with E-state index in [9.17, 15) is 20.6 Å². The van der Waals surface area contributed by atoms with Crippen molar-refractivity contribution in [2.75, 3.05) is 0 Å². The van der Waals surface area contributed by atoms with Crippen LogP contribution < -0.4 is 0 Å². The molecule has 0 N–H and O–H groups in total. The fourth-order valence-corrected chi connectivity index (χ4v) is 6.90. The molecule has 54 heavy (non-hydrogen) atoms. The van der Waals surface area contributed by atoms with Crippen LogP contribution in [-0.4, -0.2) is 0 Å². The average molecular weight is 712 g/mol. The second-order valence-electron chi connectivity index (χ2n) is 12.3. The maximum atomic E-state index is 10.1. The van der Waals surface area contributed by atoms with Crippen molar-refractivity contribution >= 4 is 75.4 Å². The smallest absolute Gasteiger partial charge is 0.0616 e. The Labute approximate surface area is 356 Å². The summed E-state index contributed by atoms with van der Waals surface area (Å²) in [4.78, 5) is 0. The van der Waals surface area contributed by atoms with E-state index in [0.29, 0.717) is 0 Å². The lowest BCUT2D eigenvalue weighted by atomic mass is 9.87. The van der Waals surface area contributed by atoms with E-state index in [0.717, 1.165) is 6.07 Å². The van der Waals surface area contributed by atoms with Gasteiger partial charge in [0, 0.05) is 0 Å². The zero-order valence-electron chi connectivity index (χ0n) is 58.1. The molecule has 0 saturated heterocycles. The highest BCUT2D eigenvalue weighted by molar-refractivity contribution is 6.26. The number of fused-ring (bicyclic) bond motifs is 1. The first kappa shape index (κ1) is 12.5. The molecule has 0 spiro atoms. The van der Waals surface area contributed by atoms with Crippen LogP contribution in [0.1, 0.15) is 42.5 Å². The molecule has 0 bridgehead atoms. The molecule has 12 rings (SSSR count). The largest absolute Gasteiger partial charge is 0.0636 e. The monoisotopic (exact) mass is 711 g/mol. The summed E-state index contributed by atoms with van der Waals surface area (Å²) in [6, 6.07) is -26.2. The topological polar surface area (TPSA) is 0 Å². The molecule has 0 saturated carbocycles. The lowest BCUT2D eigenvalue weighted by Gasteiger charge is -2.17. The SMILES string of the molecule is [2H]c1c([2H])c(-c2c([2H])c([2H])c3c([2H])c([2H])c4c([2H])c([2H])c([2H])c5c([2H])c([2H])c2c3c45)c([2H])c([2H])c1-c1cc(-c2c([2H])c([2H])c3c([2H])c([2H])c([2H])c([2H])c3c2[2H])c([2H])c(-c2c([2H])c([2H])c3c([2H])c([2H])c4c([2H])c([2H])c([2H])c5c([2H])c([2H])c2c3c45)c1[2H]. The lowest BCUT2D eigenvalue weighted by molar-refractivity contribution is 1.58. The summed E-state index contributed by atoms with van der Waals surface area (Å²) in [5.41, 5.74) is -6.24. The van der Waals surface area contributed by atoms with E-state index in [1.54, 1.807) is 0 Å². The first-order valence-corrected chi connectivity index (χ1v) is 16.3. The van der Waals surface area contributed by atoms with Crippen LogP contribution in [0.15, 0.2) is 193 Å². The minimum Gasteiger partial charge on any atom is -0.0616 e. The average Bonchev–Trinajstić information content (AvgIpc) is 0.869. The first-order chi connectivity index (χ1) is 39.7. The zero-order valence-corrected chi connectivity index (χ0v) is 27.1. The van der Waals surface area contributed by atoms with E-state index in [2.05, 4.69) is 0 Å². The minimum absolute atomic E-state index is 0.290. The van der Waals surface area contributed by atoms with Gasteiger partial charge in [-0.15, -0.1) is 0 Å². The van der Waals surface area contributed by atoms with E-state index in [1.165, 1.54) is 0 Å². The van der Waals surface area contributed by atoms with Crippen molar-refractivity contribution in [3.05, 3.63) is 193 Å². The molecule has 0 amide bonds. The fraction of sp³-hybridized carbons (Fsp3) is 0. The molecule has 0 radical (unpaired) electrons. The van der Waals surface area contributed by atoms with Crippen LogP contribution >= 0.6 is 0 Å². The van der Waals surface area contributed by atoms with Crippen LogP contribution in [0.5, 0.6) is 0 Å². The minimum atomic E-state index is -1.09. The van der Waals surface area contributed by atoms with Gasteiger partial charge in [-0.1, -0.05) is 169 Å². The van der Waals surface area contributed by atoms with Gasteiger partial charge in [-0.25, -0.2) is 0 Å². The van der Waals surface area contributed by atoms with Gasteiger partial charge < -0.3 is 0 Å². The lowest BCUT2D eigenvalue weighted by Crippen LogP contribution is -1.90. The van der Waals surface area contributed by atoms with Gasteiger partial charge in [0.15, 0.2) is 0 Å². The fourth-order valence-electron chi connectivity index (χ4n) is 6.90. The third kappa shape index (κ3) is 4.38. The zero-order chi connectivity index (χ0) is 62.3. The Morgan fingerprint density at radius 2 is 0.648 bits per heavy atom. The van der Waals surface area contributed by atoms with E-state index in [1.807, 2.05) is 0 Å². The molecule has 248 valence electrons. The summed E-state index contributed by atoms with van der Waals surface area (Å²) in [7, 11) is 0.